The number of hydrogen-bond donors (Lipinski definition) is 0. The molecule has 5 heteroatoms. The third kappa shape index (κ3) is 2.30. The maximum atomic E-state index is 4.76. The van der Waals surface area contributed by atoms with Crippen molar-refractivity contribution in [2.45, 2.75) is 31.7 Å². The van der Waals surface area contributed by atoms with Gasteiger partial charge in [0, 0.05) is 30.0 Å². The highest BCUT2D eigenvalue weighted by atomic mass is 79.9. The zero-order valence-electron chi connectivity index (χ0n) is 10.5. The van der Waals surface area contributed by atoms with Crippen LogP contribution in [0.15, 0.2) is 22.1 Å². The molecule has 0 saturated heterocycles. The summed E-state index contributed by atoms with van der Waals surface area (Å²) in [6.45, 7) is 2.04. The third-order valence-corrected chi connectivity index (χ3v) is 5.20. The number of fused-ring (bicyclic) bond motifs is 1. The van der Waals surface area contributed by atoms with E-state index in [1.165, 1.54) is 23.3 Å². The van der Waals surface area contributed by atoms with Gasteiger partial charge in [-0.3, -0.25) is 0 Å². The molecule has 2 aliphatic rings. The number of hydrogen-bond acceptors (Lipinski definition) is 4. The molecule has 3 heterocycles. The Morgan fingerprint density at radius 3 is 3.05 bits per heavy atom. The van der Waals surface area contributed by atoms with Gasteiger partial charge in [-0.25, -0.2) is 9.97 Å². The highest BCUT2D eigenvalue weighted by Crippen LogP contribution is 2.39. The van der Waals surface area contributed by atoms with Gasteiger partial charge in [0.2, 0.25) is 0 Å². The standard InChI is InChI=1S/C14H14BrN3S/c15-12-7-13(17-14(16-12)9-1-2-9)18-5-3-11-10(8-18)4-6-19-11/h4,6-7,9H,1-3,5,8H2. The van der Waals surface area contributed by atoms with Crippen LogP contribution < -0.4 is 4.90 Å². The molecule has 1 aliphatic carbocycles. The Kier molecular flexibility index (Phi) is 2.84. The molecule has 0 unspecified atom stereocenters. The maximum Gasteiger partial charge on any atom is 0.135 e. The molecular weight excluding hydrogens is 322 g/mol. The molecule has 4 rings (SSSR count). The smallest absolute Gasteiger partial charge is 0.135 e. The van der Waals surface area contributed by atoms with E-state index in [1.807, 2.05) is 17.4 Å². The van der Waals surface area contributed by atoms with E-state index in [0.29, 0.717) is 5.92 Å². The first-order valence-electron chi connectivity index (χ1n) is 6.64. The Morgan fingerprint density at radius 1 is 1.32 bits per heavy atom. The van der Waals surface area contributed by atoms with Crippen LogP contribution in [0, 0.1) is 0 Å². The summed E-state index contributed by atoms with van der Waals surface area (Å²) in [6, 6.07) is 4.29. The first-order valence-corrected chi connectivity index (χ1v) is 8.31. The minimum atomic E-state index is 0.595. The van der Waals surface area contributed by atoms with Crippen LogP contribution in [0.3, 0.4) is 0 Å². The van der Waals surface area contributed by atoms with Gasteiger partial charge in [-0.05, 0) is 52.2 Å². The van der Waals surface area contributed by atoms with E-state index < -0.39 is 0 Å². The van der Waals surface area contributed by atoms with Crippen LogP contribution >= 0.6 is 27.3 Å². The summed E-state index contributed by atoms with van der Waals surface area (Å²) in [5, 5.41) is 2.19. The lowest BCUT2D eigenvalue weighted by Crippen LogP contribution is -2.30. The summed E-state index contributed by atoms with van der Waals surface area (Å²) in [5.41, 5.74) is 1.46. The number of rotatable bonds is 2. The number of anilines is 1. The van der Waals surface area contributed by atoms with E-state index >= 15 is 0 Å². The van der Waals surface area contributed by atoms with Gasteiger partial charge in [0.25, 0.3) is 0 Å². The minimum absolute atomic E-state index is 0.595. The molecular formula is C14H14BrN3S. The summed E-state index contributed by atoms with van der Waals surface area (Å²) in [6.07, 6.45) is 3.61. The zero-order valence-corrected chi connectivity index (χ0v) is 12.9. The fourth-order valence-electron chi connectivity index (χ4n) is 2.55. The molecule has 1 saturated carbocycles. The van der Waals surface area contributed by atoms with Crippen LogP contribution in [0.25, 0.3) is 0 Å². The SMILES string of the molecule is Brc1cc(N2CCc3sccc3C2)nc(C2CC2)n1. The van der Waals surface area contributed by atoms with E-state index in [0.717, 1.165) is 35.8 Å². The van der Waals surface area contributed by atoms with Crippen molar-refractivity contribution in [2.24, 2.45) is 0 Å². The fraction of sp³-hybridized carbons (Fsp3) is 0.429. The molecule has 0 spiro atoms. The van der Waals surface area contributed by atoms with Crippen LogP contribution in [0.5, 0.6) is 0 Å². The molecule has 0 radical (unpaired) electrons. The monoisotopic (exact) mass is 335 g/mol. The molecule has 1 fully saturated rings. The quantitative estimate of drug-likeness (QED) is 0.783. The van der Waals surface area contributed by atoms with Gasteiger partial charge < -0.3 is 4.90 Å². The van der Waals surface area contributed by atoms with Gasteiger partial charge in [-0.15, -0.1) is 11.3 Å². The topological polar surface area (TPSA) is 29.0 Å². The van der Waals surface area contributed by atoms with Crippen molar-refractivity contribution in [3.8, 4) is 0 Å². The number of halogens is 1. The molecule has 0 bridgehead atoms. The lowest BCUT2D eigenvalue weighted by atomic mass is 10.1. The van der Waals surface area contributed by atoms with Crippen LogP contribution in [0.2, 0.25) is 0 Å². The van der Waals surface area contributed by atoms with E-state index in [4.69, 9.17) is 4.98 Å². The molecule has 0 aromatic carbocycles. The lowest BCUT2D eigenvalue weighted by molar-refractivity contribution is 0.723. The van der Waals surface area contributed by atoms with Crippen LogP contribution in [0.1, 0.15) is 35.0 Å². The van der Waals surface area contributed by atoms with Crippen LogP contribution in [-0.2, 0) is 13.0 Å². The van der Waals surface area contributed by atoms with Gasteiger partial charge in [-0.2, -0.15) is 0 Å². The molecule has 0 atom stereocenters. The summed E-state index contributed by atoms with van der Waals surface area (Å²) in [4.78, 5) is 13.2. The van der Waals surface area contributed by atoms with Gasteiger partial charge in [0.15, 0.2) is 0 Å². The van der Waals surface area contributed by atoms with Crippen LogP contribution in [-0.4, -0.2) is 16.5 Å². The highest BCUT2D eigenvalue weighted by Gasteiger charge is 2.28. The average molecular weight is 336 g/mol. The van der Waals surface area contributed by atoms with Crippen LogP contribution in [0.4, 0.5) is 5.82 Å². The maximum absolute atomic E-state index is 4.76. The van der Waals surface area contributed by atoms with Gasteiger partial charge in [-0.1, -0.05) is 0 Å². The summed E-state index contributed by atoms with van der Waals surface area (Å²) in [5.74, 6) is 2.68. The molecule has 2 aromatic rings. The van der Waals surface area contributed by atoms with Crippen molar-refractivity contribution in [3.63, 3.8) is 0 Å². The molecule has 0 amide bonds. The Labute approximate surface area is 124 Å². The molecule has 2 aromatic heterocycles. The second kappa shape index (κ2) is 4.56. The van der Waals surface area contributed by atoms with E-state index in [1.54, 1.807) is 0 Å². The number of nitrogens with zero attached hydrogens (tertiary/aromatic N) is 3. The second-order valence-electron chi connectivity index (χ2n) is 5.22. The van der Waals surface area contributed by atoms with E-state index in [-0.39, 0.29) is 0 Å². The molecule has 98 valence electrons. The largest absolute Gasteiger partial charge is 0.352 e. The molecule has 1 aliphatic heterocycles. The van der Waals surface area contributed by atoms with E-state index in [2.05, 4.69) is 37.3 Å². The highest BCUT2D eigenvalue weighted by molar-refractivity contribution is 9.10. The van der Waals surface area contributed by atoms with Crippen molar-refractivity contribution in [3.05, 3.63) is 38.4 Å². The Bertz CT molecular complexity index is 621. The van der Waals surface area contributed by atoms with Crippen molar-refractivity contribution < 1.29 is 0 Å². The Balaban J connectivity index is 1.66. The van der Waals surface area contributed by atoms with Gasteiger partial charge in [0.05, 0.1) is 0 Å². The van der Waals surface area contributed by atoms with E-state index in [9.17, 15) is 0 Å². The zero-order chi connectivity index (χ0) is 12.8. The van der Waals surface area contributed by atoms with Crippen molar-refractivity contribution in [1.82, 2.24) is 9.97 Å². The van der Waals surface area contributed by atoms with Gasteiger partial charge >= 0.3 is 0 Å². The molecule has 3 nitrogen and oxygen atoms in total. The average Bonchev–Trinajstić information content (AvgIpc) is 3.16. The first-order chi connectivity index (χ1) is 9.29. The van der Waals surface area contributed by atoms with Crippen molar-refractivity contribution in [1.29, 1.82) is 0 Å². The summed E-state index contributed by atoms with van der Waals surface area (Å²) >= 11 is 5.40. The molecule has 0 N–H and O–H groups in total. The van der Waals surface area contributed by atoms with Crippen molar-refractivity contribution in [2.75, 3.05) is 11.4 Å². The van der Waals surface area contributed by atoms with Gasteiger partial charge in [0.1, 0.15) is 16.2 Å². The normalized spacial score (nSPS) is 18.5. The Hall–Kier alpha value is -0.940. The number of aromatic nitrogens is 2. The number of thiophene rings is 1. The summed E-state index contributed by atoms with van der Waals surface area (Å²) in [7, 11) is 0. The lowest BCUT2D eigenvalue weighted by Gasteiger charge is -2.28. The predicted molar refractivity (Wildman–Crippen MR) is 80.8 cm³/mol. The predicted octanol–water partition coefficient (Wildman–Crippen LogP) is 3.74. The third-order valence-electron chi connectivity index (χ3n) is 3.77. The molecule has 19 heavy (non-hydrogen) atoms. The summed E-state index contributed by atoms with van der Waals surface area (Å²) < 4.78 is 0.913. The Morgan fingerprint density at radius 2 is 2.21 bits per heavy atom. The first kappa shape index (κ1) is 11.9. The second-order valence-corrected chi connectivity index (χ2v) is 7.04. The van der Waals surface area contributed by atoms with Crippen molar-refractivity contribution >= 4 is 33.1 Å². The minimum Gasteiger partial charge on any atom is -0.352 e. The fourth-order valence-corrected chi connectivity index (χ4v) is 3.83.